The Bertz CT molecular complexity index is 434. The van der Waals surface area contributed by atoms with Crippen molar-refractivity contribution in [3.05, 3.63) is 29.8 Å². The van der Waals surface area contributed by atoms with E-state index in [2.05, 4.69) is 17.1 Å². The minimum absolute atomic E-state index is 0.414. The van der Waals surface area contributed by atoms with Gasteiger partial charge in [0.05, 0.1) is 5.56 Å². The molecule has 0 bridgehead atoms. The third-order valence-corrected chi connectivity index (χ3v) is 4.34. The maximum absolute atomic E-state index is 12.6. The van der Waals surface area contributed by atoms with Crippen molar-refractivity contribution in [2.24, 2.45) is 0 Å². The Hall–Kier alpha value is -1.23. The molecule has 0 radical (unpaired) electrons. The highest BCUT2D eigenvalue weighted by Gasteiger charge is 2.30. The monoisotopic (exact) mass is 300 g/mol. The molecule has 21 heavy (non-hydrogen) atoms. The van der Waals surface area contributed by atoms with Crippen LogP contribution in [-0.2, 0) is 6.18 Å². The summed E-state index contributed by atoms with van der Waals surface area (Å²) in [6.07, 6.45) is 0.151. The molecule has 2 nitrogen and oxygen atoms in total. The second-order valence-corrected chi connectivity index (χ2v) is 5.72. The molecule has 1 aromatic carbocycles. The predicted molar refractivity (Wildman–Crippen MR) is 79.6 cm³/mol. The van der Waals surface area contributed by atoms with E-state index in [4.69, 9.17) is 0 Å². The van der Waals surface area contributed by atoms with Crippen LogP contribution in [0.1, 0.15) is 38.2 Å². The third-order valence-electron chi connectivity index (χ3n) is 4.34. The van der Waals surface area contributed by atoms with Crippen LogP contribution in [0.25, 0.3) is 0 Å². The van der Waals surface area contributed by atoms with Gasteiger partial charge in [-0.1, -0.05) is 6.92 Å². The first-order valence-electron chi connectivity index (χ1n) is 7.55. The second kappa shape index (κ2) is 6.69. The molecule has 0 spiro atoms. The summed E-state index contributed by atoms with van der Waals surface area (Å²) in [5.41, 5.74) is 0.269. The van der Waals surface area contributed by atoms with E-state index in [0.717, 1.165) is 50.0 Å². The summed E-state index contributed by atoms with van der Waals surface area (Å²) in [6, 6.07) is 6.47. The number of rotatable bonds is 4. The van der Waals surface area contributed by atoms with Crippen LogP contribution in [0.5, 0.6) is 0 Å². The Morgan fingerprint density at radius 3 is 2.14 bits per heavy atom. The average molecular weight is 300 g/mol. The molecule has 0 saturated heterocycles. The van der Waals surface area contributed by atoms with E-state index in [1.165, 1.54) is 0 Å². The van der Waals surface area contributed by atoms with Crippen LogP contribution in [0.4, 0.5) is 18.9 Å². The van der Waals surface area contributed by atoms with Crippen LogP contribution in [0.15, 0.2) is 24.3 Å². The van der Waals surface area contributed by atoms with Crippen molar-refractivity contribution < 1.29 is 13.2 Å². The van der Waals surface area contributed by atoms with Crippen molar-refractivity contribution in [2.75, 3.05) is 18.5 Å². The predicted octanol–water partition coefficient (Wildman–Crippen LogP) is 4.06. The van der Waals surface area contributed by atoms with Gasteiger partial charge >= 0.3 is 6.18 Å². The van der Waals surface area contributed by atoms with Gasteiger partial charge in [-0.15, -0.1) is 0 Å². The van der Waals surface area contributed by atoms with Crippen LogP contribution in [0, 0.1) is 0 Å². The van der Waals surface area contributed by atoms with Gasteiger partial charge in [0, 0.05) is 24.8 Å². The maximum atomic E-state index is 12.6. The topological polar surface area (TPSA) is 15.3 Å². The lowest BCUT2D eigenvalue weighted by atomic mass is 9.90. The molecule has 1 aliphatic carbocycles. The highest BCUT2D eigenvalue weighted by molar-refractivity contribution is 5.48. The van der Waals surface area contributed by atoms with Crippen LogP contribution in [-0.4, -0.2) is 25.7 Å². The van der Waals surface area contributed by atoms with E-state index in [1.54, 1.807) is 12.1 Å². The van der Waals surface area contributed by atoms with Crippen LogP contribution in [0.2, 0.25) is 0 Å². The van der Waals surface area contributed by atoms with Gasteiger partial charge in [0.15, 0.2) is 0 Å². The van der Waals surface area contributed by atoms with Crippen molar-refractivity contribution in [3.63, 3.8) is 0 Å². The van der Waals surface area contributed by atoms with Crippen LogP contribution < -0.4 is 10.2 Å². The first-order chi connectivity index (χ1) is 9.91. The number of anilines is 1. The summed E-state index contributed by atoms with van der Waals surface area (Å²) in [7, 11) is 1.97. The minimum Gasteiger partial charge on any atom is -0.372 e. The highest BCUT2D eigenvalue weighted by atomic mass is 19.4. The fourth-order valence-corrected chi connectivity index (χ4v) is 3.05. The van der Waals surface area contributed by atoms with E-state index < -0.39 is 11.7 Å². The molecule has 0 amide bonds. The number of nitrogens with zero attached hydrogens (tertiary/aromatic N) is 1. The van der Waals surface area contributed by atoms with Gasteiger partial charge in [-0.2, -0.15) is 13.2 Å². The Morgan fingerprint density at radius 2 is 1.67 bits per heavy atom. The molecule has 1 aliphatic rings. The molecule has 5 heteroatoms. The van der Waals surface area contributed by atoms with Crippen molar-refractivity contribution in [2.45, 2.75) is 50.9 Å². The van der Waals surface area contributed by atoms with Crippen molar-refractivity contribution >= 4 is 5.69 Å². The highest BCUT2D eigenvalue weighted by Crippen LogP contribution is 2.32. The number of halogens is 3. The van der Waals surface area contributed by atoms with E-state index in [1.807, 2.05) is 7.05 Å². The Kier molecular flexibility index (Phi) is 5.14. The van der Waals surface area contributed by atoms with Crippen LogP contribution >= 0.6 is 0 Å². The third kappa shape index (κ3) is 4.13. The maximum Gasteiger partial charge on any atom is 0.416 e. The van der Waals surface area contributed by atoms with E-state index in [9.17, 15) is 13.2 Å². The van der Waals surface area contributed by atoms with Gasteiger partial charge in [0.25, 0.3) is 0 Å². The number of alkyl halides is 3. The normalized spacial score (nSPS) is 23.1. The summed E-state index contributed by atoms with van der Waals surface area (Å²) in [4.78, 5) is 2.11. The lowest BCUT2D eigenvalue weighted by Gasteiger charge is -2.36. The summed E-state index contributed by atoms with van der Waals surface area (Å²) in [6.45, 7) is 3.10. The van der Waals surface area contributed by atoms with E-state index in [-0.39, 0.29) is 0 Å². The summed E-state index contributed by atoms with van der Waals surface area (Å²) >= 11 is 0. The number of nitrogens with one attached hydrogen (secondary N) is 1. The zero-order valence-corrected chi connectivity index (χ0v) is 12.6. The molecule has 0 atom stereocenters. The summed E-state index contributed by atoms with van der Waals surface area (Å²) in [5, 5.41) is 3.46. The molecule has 0 aromatic heterocycles. The van der Waals surface area contributed by atoms with Gasteiger partial charge in [-0.3, -0.25) is 0 Å². The molecule has 118 valence electrons. The van der Waals surface area contributed by atoms with E-state index in [0.29, 0.717) is 12.1 Å². The van der Waals surface area contributed by atoms with E-state index >= 15 is 0 Å². The van der Waals surface area contributed by atoms with Crippen molar-refractivity contribution in [1.29, 1.82) is 0 Å². The summed E-state index contributed by atoms with van der Waals surface area (Å²) < 4.78 is 37.7. The molecular formula is C16H23F3N2. The molecule has 1 N–H and O–H groups in total. The molecule has 0 unspecified atom stereocenters. The molecular weight excluding hydrogens is 277 g/mol. The lowest BCUT2D eigenvalue weighted by Crippen LogP contribution is -2.40. The number of hydrogen-bond acceptors (Lipinski definition) is 2. The largest absolute Gasteiger partial charge is 0.416 e. The van der Waals surface area contributed by atoms with Gasteiger partial charge in [-0.05, 0) is 56.5 Å². The fraction of sp³-hybridized carbons (Fsp3) is 0.625. The number of benzene rings is 1. The smallest absolute Gasteiger partial charge is 0.372 e. The molecule has 1 aromatic rings. The average Bonchev–Trinajstić information content (AvgIpc) is 2.47. The second-order valence-electron chi connectivity index (χ2n) is 5.72. The number of hydrogen-bond donors (Lipinski definition) is 1. The zero-order valence-electron chi connectivity index (χ0n) is 12.6. The fourth-order valence-electron chi connectivity index (χ4n) is 3.05. The molecule has 0 heterocycles. The SMILES string of the molecule is CCNC1CCC(N(C)c2ccc(C(F)(F)F)cc2)CC1. The van der Waals surface area contributed by atoms with Crippen molar-refractivity contribution in [1.82, 2.24) is 5.32 Å². The zero-order chi connectivity index (χ0) is 15.5. The summed E-state index contributed by atoms with van der Waals surface area (Å²) in [5.74, 6) is 0. The van der Waals surface area contributed by atoms with Crippen LogP contribution in [0.3, 0.4) is 0 Å². The minimum atomic E-state index is -4.26. The Morgan fingerprint density at radius 1 is 1.10 bits per heavy atom. The molecule has 1 saturated carbocycles. The molecule has 0 aliphatic heterocycles. The molecule has 1 fully saturated rings. The molecule has 2 rings (SSSR count). The standard InChI is InChI=1S/C16H23F3N2/c1-3-20-13-6-10-15(11-7-13)21(2)14-8-4-12(5-9-14)16(17,18)19/h4-5,8-9,13,15,20H,3,6-7,10-11H2,1-2H3. The Labute approximate surface area is 124 Å². The quantitative estimate of drug-likeness (QED) is 0.902. The van der Waals surface area contributed by atoms with Gasteiger partial charge in [0.2, 0.25) is 0 Å². The van der Waals surface area contributed by atoms with Gasteiger partial charge in [0.1, 0.15) is 0 Å². The first kappa shape index (κ1) is 16.1. The van der Waals surface area contributed by atoms with Gasteiger partial charge < -0.3 is 10.2 Å². The van der Waals surface area contributed by atoms with Crippen molar-refractivity contribution in [3.8, 4) is 0 Å². The first-order valence-corrected chi connectivity index (χ1v) is 7.55. The Balaban J connectivity index is 1.96. The van der Waals surface area contributed by atoms with Gasteiger partial charge in [-0.25, -0.2) is 0 Å². The lowest BCUT2D eigenvalue weighted by molar-refractivity contribution is -0.137.